The van der Waals surface area contributed by atoms with Crippen LogP contribution in [-0.4, -0.2) is 18.8 Å². The molecule has 0 aliphatic heterocycles. The fourth-order valence-electron chi connectivity index (χ4n) is 2.84. The molecule has 0 aromatic heterocycles. The Morgan fingerprint density at radius 3 is 2.35 bits per heavy atom. The van der Waals surface area contributed by atoms with Gasteiger partial charge in [-0.25, -0.2) is 0 Å². The van der Waals surface area contributed by atoms with Crippen molar-refractivity contribution in [1.82, 2.24) is 0 Å². The quantitative estimate of drug-likeness (QED) is 0.492. The molecule has 0 atom stereocenters. The summed E-state index contributed by atoms with van der Waals surface area (Å²) in [7, 11) is 1.39. The van der Waals surface area contributed by atoms with Crippen LogP contribution in [0.1, 0.15) is 47.6 Å². The van der Waals surface area contributed by atoms with Crippen molar-refractivity contribution in [3.05, 3.63) is 68.2 Å². The molecule has 0 aliphatic rings. The number of carbonyl (C=O) groups excluding carboxylic acids is 1. The summed E-state index contributed by atoms with van der Waals surface area (Å²) in [5.41, 5.74) is 5.80. The van der Waals surface area contributed by atoms with Crippen LogP contribution in [0.4, 0.5) is 0 Å². The van der Waals surface area contributed by atoms with E-state index in [9.17, 15) is 4.79 Å². The minimum Gasteiger partial charge on any atom is -0.468 e. The molecule has 2 rings (SSSR count). The van der Waals surface area contributed by atoms with E-state index < -0.39 is 0 Å². The molecular weight excluding hydrogens is 387 g/mol. The van der Waals surface area contributed by atoms with E-state index in [2.05, 4.69) is 43.7 Å². The van der Waals surface area contributed by atoms with Crippen LogP contribution in [0.25, 0.3) is 0 Å². The monoisotopic (exact) mass is 410 g/mol. The average molecular weight is 411 g/mol. The van der Waals surface area contributed by atoms with E-state index in [0.717, 1.165) is 11.1 Å². The first kappa shape index (κ1) is 21.1. The van der Waals surface area contributed by atoms with Crippen LogP contribution in [-0.2, 0) is 21.7 Å². The van der Waals surface area contributed by atoms with E-state index in [1.807, 2.05) is 12.1 Å². The Hall–Kier alpha value is -1.16. The van der Waals surface area contributed by atoms with E-state index in [1.54, 1.807) is 0 Å². The molecule has 2 aromatic carbocycles. The second kappa shape index (κ2) is 9.68. The average Bonchev–Trinajstić information content (AvgIpc) is 2.59. The van der Waals surface area contributed by atoms with Crippen LogP contribution in [0.5, 0.6) is 0 Å². The maximum Gasteiger partial charge on any atom is 0.315 e. The predicted molar refractivity (Wildman–Crippen MR) is 113 cm³/mol. The smallest absolute Gasteiger partial charge is 0.315 e. The highest BCUT2D eigenvalue weighted by molar-refractivity contribution is 7.99. The Kier molecular flexibility index (Phi) is 7.87. The number of carbonyl (C=O) groups is 1. The molecule has 0 spiro atoms. The lowest BCUT2D eigenvalue weighted by molar-refractivity contribution is -0.137. The third-order valence-corrected chi connectivity index (χ3v) is 5.92. The molecular formula is C21H24Cl2O2S. The van der Waals surface area contributed by atoms with Crippen molar-refractivity contribution >= 4 is 40.9 Å². The second-order valence-electron chi connectivity index (χ2n) is 6.63. The van der Waals surface area contributed by atoms with Crippen molar-refractivity contribution in [2.75, 3.05) is 12.9 Å². The molecule has 0 bridgehead atoms. The largest absolute Gasteiger partial charge is 0.468 e. The van der Waals surface area contributed by atoms with E-state index >= 15 is 0 Å². The minimum atomic E-state index is -0.232. The number of methoxy groups -OCH3 is 1. The van der Waals surface area contributed by atoms with Gasteiger partial charge in [0.05, 0.1) is 12.9 Å². The molecule has 0 heterocycles. The lowest BCUT2D eigenvalue weighted by atomic mass is 9.93. The second-order valence-corrected chi connectivity index (χ2v) is 8.43. The standard InChI is InChI=1S/C21H24Cl2O2S/c1-13(2)17-7-15(6-5-14(17)3)8-18-19(22)9-16(10-20(18)23)11-26-12-21(24)25-4/h5-7,9-10,13H,8,11-12H2,1-4H3. The van der Waals surface area contributed by atoms with Crippen LogP contribution >= 0.6 is 35.0 Å². The highest BCUT2D eigenvalue weighted by Gasteiger charge is 2.12. The number of esters is 1. The number of ether oxygens (including phenoxy) is 1. The maximum atomic E-state index is 11.2. The fraction of sp³-hybridized carbons (Fsp3) is 0.381. The number of aryl methyl sites for hydroxylation is 1. The van der Waals surface area contributed by atoms with Crippen LogP contribution < -0.4 is 0 Å². The minimum absolute atomic E-state index is 0.232. The van der Waals surface area contributed by atoms with Crippen molar-refractivity contribution in [1.29, 1.82) is 0 Å². The van der Waals surface area contributed by atoms with Gasteiger partial charge in [-0.05, 0) is 52.8 Å². The number of thioether (sulfide) groups is 1. The molecule has 0 amide bonds. The maximum absolute atomic E-state index is 11.2. The molecule has 0 saturated carbocycles. The van der Waals surface area contributed by atoms with Crippen molar-refractivity contribution in [2.24, 2.45) is 0 Å². The molecule has 0 fully saturated rings. The van der Waals surface area contributed by atoms with Gasteiger partial charge >= 0.3 is 5.97 Å². The first-order chi connectivity index (χ1) is 12.3. The third-order valence-electron chi connectivity index (χ3n) is 4.26. The van der Waals surface area contributed by atoms with Crippen LogP contribution in [0.15, 0.2) is 30.3 Å². The summed E-state index contributed by atoms with van der Waals surface area (Å²) >= 11 is 14.5. The van der Waals surface area contributed by atoms with E-state index in [-0.39, 0.29) is 5.97 Å². The summed E-state index contributed by atoms with van der Waals surface area (Å²) in [5, 5.41) is 1.33. The number of halogens is 2. The molecule has 2 nitrogen and oxygen atoms in total. The summed E-state index contributed by atoms with van der Waals surface area (Å²) in [6.45, 7) is 6.54. The molecule has 2 aromatic rings. The Morgan fingerprint density at radius 2 is 1.77 bits per heavy atom. The first-order valence-corrected chi connectivity index (χ1v) is 10.4. The molecule has 0 aliphatic carbocycles. The lowest BCUT2D eigenvalue weighted by Gasteiger charge is -2.14. The van der Waals surface area contributed by atoms with Gasteiger partial charge in [0.25, 0.3) is 0 Å². The Labute approximate surface area is 170 Å². The van der Waals surface area contributed by atoms with Gasteiger partial charge < -0.3 is 4.74 Å². The summed E-state index contributed by atoms with van der Waals surface area (Å²) in [6.07, 6.45) is 0.702. The highest BCUT2D eigenvalue weighted by atomic mass is 35.5. The number of benzene rings is 2. The summed E-state index contributed by atoms with van der Waals surface area (Å²) in [6, 6.07) is 10.4. The Bertz CT molecular complexity index is 765. The van der Waals surface area contributed by atoms with E-state index in [1.165, 1.54) is 35.6 Å². The van der Waals surface area contributed by atoms with Gasteiger partial charge in [-0.2, -0.15) is 0 Å². The molecule has 5 heteroatoms. The van der Waals surface area contributed by atoms with Gasteiger partial charge in [-0.3, -0.25) is 4.79 Å². The number of hydrogen-bond donors (Lipinski definition) is 0. The third kappa shape index (κ3) is 5.67. The lowest BCUT2D eigenvalue weighted by Crippen LogP contribution is -2.03. The highest BCUT2D eigenvalue weighted by Crippen LogP contribution is 2.31. The summed E-state index contributed by atoms with van der Waals surface area (Å²) in [4.78, 5) is 11.2. The van der Waals surface area contributed by atoms with Gasteiger partial charge in [0, 0.05) is 22.2 Å². The van der Waals surface area contributed by atoms with Gasteiger partial charge in [0.2, 0.25) is 0 Å². The molecule has 26 heavy (non-hydrogen) atoms. The molecule has 140 valence electrons. The fourth-order valence-corrected chi connectivity index (χ4v) is 4.30. The number of rotatable bonds is 7. The van der Waals surface area contributed by atoms with Crippen LogP contribution in [0, 0.1) is 6.92 Å². The SMILES string of the molecule is COC(=O)CSCc1cc(Cl)c(Cc2ccc(C)c(C(C)C)c2)c(Cl)c1. The van der Waals surface area contributed by atoms with Gasteiger partial charge in [-0.1, -0.05) is 55.2 Å². The van der Waals surface area contributed by atoms with Gasteiger partial charge in [0.1, 0.15) is 0 Å². The van der Waals surface area contributed by atoms with E-state index in [0.29, 0.717) is 33.9 Å². The molecule has 0 saturated heterocycles. The molecule has 0 unspecified atom stereocenters. The zero-order chi connectivity index (χ0) is 19.3. The number of hydrogen-bond acceptors (Lipinski definition) is 3. The van der Waals surface area contributed by atoms with Crippen molar-refractivity contribution in [2.45, 2.75) is 38.9 Å². The normalized spacial score (nSPS) is 11.0. The van der Waals surface area contributed by atoms with Crippen LogP contribution in [0.2, 0.25) is 10.0 Å². The Morgan fingerprint density at radius 1 is 1.12 bits per heavy atom. The summed E-state index contributed by atoms with van der Waals surface area (Å²) in [5.74, 6) is 1.23. The van der Waals surface area contributed by atoms with Crippen molar-refractivity contribution in [3.8, 4) is 0 Å². The zero-order valence-corrected chi connectivity index (χ0v) is 17.9. The van der Waals surface area contributed by atoms with Crippen molar-refractivity contribution in [3.63, 3.8) is 0 Å². The van der Waals surface area contributed by atoms with Gasteiger partial charge in [-0.15, -0.1) is 11.8 Å². The topological polar surface area (TPSA) is 26.3 Å². The van der Waals surface area contributed by atoms with Gasteiger partial charge in [0.15, 0.2) is 0 Å². The summed E-state index contributed by atoms with van der Waals surface area (Å²) < 4.78 is 4.64. The predicted octanol–water partition coefficient (Wildman–Crippen LogP) is 6.42. The van der Waals surface area contributed by atoms with Crippen LogP contribution in [0.3, 0.4) is 0 Å². The Balaban J connectivity index is 2.15. The molecule has 0 radical (unpaired) electrons. The molecule has 0 N–H and O–H groups in total. The zero-order valence-electron chi connectivity index (χ0n) is 15.6. The van der Waals surface area contributed by atoms with E-state index in [4.69, 9.17) is 23.2 Å². The first-order valence-electron chi connectivity index (χ1n) is 8.52. The van der Waals surface area contributed by atoms with Crippen molar-refractivity contribution < 1.29 is 9.53 Å².